The minimum atomic E-state index is -0.766. The Kier molecular flexibility index (Phi) is 70.5. The van der Waals surface area contributed by atoms with E-state index in [2.05, 4.69) is 45.1 Å². The molecule has 0 bridgehead atoms. The zero-order valence-electron chi connectivity index (χ0n) is 56.5. The fourth-order valence-corrected chi connectivity index (χ4v) is 11.8. The Balaban J connectivity index is 4.09. The van der Waals surface area contributed by atoms with E-state index in [9.17, 15) is 14.4 Å². The minimum absolute atomic E-state index is 0.0626. The molecule has 0 saturated heterocycles. The molecule has 6 nitrogen and oxygen atoms in total. The lowest BCUT2D eigenvalue weighted by atomic mass is 10.0. The van der Waals surface area contributed by atoms with Crippen molar-refractivity contribution in [1.29, 1.82) is 0 Å². The van der Waals surface area contributed by atoms with Crippen LogP contribution in [0.25, 0.3) is 0 Å². The van der Waals surface area contributed by atoms with Gasteiger partial charge in [-0.3, -0.25) is 14.4 Å². The molecule has 0 spiro atoms. The van der Waals surface area contributed by atoms with Crippen LogP contribution in [0.5, 0.6) is 0 Å². The van der Waals surface area contributed by atoms with Crippen LogP contribution in [0.4, 0.5) is 0 Å². The van der Waals surface area contributed by atoms with Gasteiger partial charge in [0.1, 0.15) is 13.2 Å². The highest BCUT2D eigenvalue weighted by molar-refractivity contribution is 5.71. The summed E-state index contributed by atoms with van der Waals surface area (Å²) in [6.07, 6.45) is 89.5. The summed E-state index contributed by atoms with van der Waals surface area (Å²) in [6.45, 7) is 6.72. The molecular weight excluding hydrogens is 1020 g/mol. The number of hydrogen-bond donors (Lipinski definition) is 0. The second-order valence-electron chi connectivity index (χ2n) is 25.9. The van der Waals surface area contributed by atoms with Crippen molar-refractivity contribution in [2.45, 2.75) is 438 Å². The number of carbonyl (C=O) groups is 3. The average Bonchev–Trinajstić information content (AvgIpc) is 3.49. The zero-order chi connectivity index (χ0) is 59.9. The number of esters is 3. The monoisotopic (exact) mass is 1170 g/mol. The Morgan fingerprint density at radius 3 is 0.663 bits per heavy atom. The molecule has 0 aromatic heterocycles. The smallest absolute Gasteiger partial charge is 0.306 e. The lowest BCUT2D eigenvalue weighted by Crippen LogP contribution is -2.30. The lowest BCUT2D eigenvalue weighted by molar-refractivity contribution is -0.167. The predicted octanol–water partition coefficient (Wildman–Crippen LogP) is 26.1. The third-order valence-corrected chi connectivity index (χ3v) is 17.5. The van der Waals surface area contributed by atoms with Crippen molar-refractivity contribution in [3.8, 4) is 0 Å². The van der Waals surface area contributed by atoms with Crippen molar-refractivity contribution in [2.24, 2.45) is 0 Å². The molecule has 0 N–H and O–H groups in total. The largest absolute Gasteiger partial charge is 0.462 e. The van der Waals surface area contributed by atoms with Crippen molar-refractivity contribution >= 4 is 17.9 Å². The highest BCUT2D eigenvalue weighted by Gasteiger charge is 2.20. The Hall–Kier alpha value is -2.11. The molecule has 0 aliphatic heterocycles. The van der Waals surface area contributed by atoms with Crippen LogP contribution in [0, 0.1) is 0 Å². The Morgan fingerprint density at radius 1 is 0.241 bits per heavy atom. The summed E-state index contributed by atoms with van der Waals surface area (Å²) in [6, 6.07) is 0. The summed E-state index contributed by atoms with van der Waals surface area (Å²) in [5.41, 5.74) is 0. The summed E-state index contributed by atoms with van der Waals surface area (Å²) >= 11 is 0. The van der Waals surface area contributed by atoms with E-state index in [0.717, 1.165) is 64.2 Å². The maximum absolute atomic E-state index is 13.0. The van der Waals surface area contributed by atoms with Crippen LogP contribution in [0.2, 0.25) is 0 Å². The Morgan fingerprint density at radius 2 is 0.434 bits per heavy atom. The van der Waals surface area contributed by atoms with Crippen molar-refractivity contribution in [3.63, 3.8) is 0 Å². The van der Waals surface area contributed by atoms with Gasteiger partial charge >= 0.3 is 17.9 Å². The third-order valence-electron chi connectivity index (χ3n) is 17.5. The van der Waals surface area contributed by atoms with E-state index in [-0.39, 0.29) is 31.1 Å². The van der Waals surface area contributed by atoms with Crippen molar-refractivity contribution < 1.29 is 28.6 Å². The molecule has 0 saturated carbocycles. The van der Waals surface area contributed by atoms with Gasteiger partial charge in [0.15, 0.2) is 6.10 Å². The van der Waals surface area contributed by atoms with E-state index in [1.54, 1.807) is 0 Å². The number of hydrogen-bond acceptors (Lipinski definition) is 6. The first-order valence-electron chi connectivity index (χ1n) is 37.8. The fraction of sp³-hybridized carbons (Fsp3) is 0.909. The maximum atomic E-state index is 13.0. The van der Waals surface area contributed by atoms with Gasteiger partial charge in [-0.2, -0.15) is 0 Å². The predicted molar refractivity (Wildman–Crippen MR) is 363 cm³/mol. The van der Waals surface area contributed by atoms with E-state index in [1.807, 2.05) is 0 Å². The molecule has 0 aliphatic carbocycles. The molecule has 0 heterocycles. The summed E-state index contributed by atoms with van der Waals surface area (Å²) < 4.78 is 17.0. The van der Waals surface area contributed by atoms with E-state index in [0.29, 0.717) is 19.3 Å². The topological polar surface area (TPSA) is 78.9 Å². The number of allylic oxidation sites excluding steroid dienone is 4. The standard InChI is InChI=1S/C77H146O6/c1-4-7-10-13-16-19-22-25-27-29-31-33-34-35-36-37-38-39-40-41-42-43-44-45-47-48-50-52-55-58-61-64-67-70-76(79)82-73-74(72-81-75(78)69-66-63-60-57-54-24-21-18-15-12-9-6-3)83-77(80)71-68-65-62-59-56-53-51-49-46-32-30-28-26-23-20-17-14-11-8-5-2/h22,25,29,31,74H,4-21,23-24,26-28,30,32-73H2,1-3H3/b25-22-,31-29-. The van der Waals surface area contributed by atoms with Crippen LogP contribution < -0.4 is 0 Å². The summed E-state index contributed by atoms with van der Waals surface area (Å²) in [5, 5.41) is 0. The summed E-state index contributed by atoms with van der Waals surface area (Å²) in [5.74, 6) is -0.825. The molecule has 1 atom stereocenters. The molecule has 0 amide bonds. The van der Waals surface area contributed by atoms with Crippen LogP contribution in [-0.4, -0.2) is 37.2 Å². The minimum Gasteiger partial charge on any atom is -0.462 e. The van der Waals surface area contributed by atoms with Gasteiger partial charge in [-0.15, -0.1) is 0 Å². The first-order valence-corrected chi connectivity index (χ1v) is 37.8. The molecule has 0 rings (SSSR count). The first kappa shape index (κ1) is 80.9. The van der Waals surface area contributed by atoms with Gasteiger partial charge < -0.3 is 14.2 Å². The highest BCUT2D eigenvalue weighted by atomic mass is 16.6. The summed E-state index contributed by atoms with van der Waals surface area (Å²) in [7, 11) is 0. The number of ether oxygens (including phenoxy) is 3. The van der Waals surface area contributed by atoms with E-state index < -0.39 is 6.10 Å². The van der Waals surface area contributed by atoms with E-state index >= 15 is 0 Å². The second-order valence-corrected chi connectivity index (χ2v) is 25.9. The third kappa shape index (κ3) is 70.5. The molecule has 0 aliphatic rings. The van der Waals surface area contributed by atoms with Crippen LogP contribution >= 0.6 is 0 Å². The molecule has 0 fully saturated rings. The highest BCUT2D eigenvalue weighted by Crippen LogP contribution is 2.19. The molecule has 490 valence electrons. The van der Waals surface area contributed by atoms with Crippen LogP contribution in [0.3, 0.4) is 0 Å². The molecule has 0 radical (unpaired) electrons. The van der Waals surface area contributed by atoms with Gasteiger partial charge in [-0.05, 0) is 51.4 Å². The number of unbranched alkanes of at least 4 members (excludes halogenated alkanes) is 56. The Bertz CT molecular complexity index is 1340. The number of carbonyl (C=O) groups excluding carboxylic acids is 3. The van der Waals surface area contributed by atoms with Crippen LogP contribution in [-0.2, 0) is 28.6 Å². The quantitative estimate of drug-likeness (QED) is 0.0261. The second kappa shape index (κ2) is 72.4. The molecule has 83 heavy (non-hydrogen) atoms. The van der Waals surface area contributed by atoms with Gasteiger partial charge in [0.05, 0.1) is 0 Å². The van der Waals surface area contributed by atoms with Gasteiger partial charge in [0.25, 0.3) is 0 Å². The van der Waals surface area contributed by atoms with Crippen molar-refractivity contribution in [3.05, 3.63) is 24.3 Å². The molecule has 0 aromatic carbocycles. The van der Waals surface area contributed by atoms with Crippen LogP contribution in [0.15, 0.2) is 24.3 Å². The first-order chi connectivity index (χ1) is 41.0. The molecular formula is C77H146O6. The van der Waals surface area contributed by atoms with Gasteiger partial charge in [-0.1, -0.05) is 385 Å². The lowest BCUT2D eigenvalue weighted by Gasteiger charge is -2.18. The molecule has 1 unspecified atom stereocenters. The SMILES string of the molecule is CCCCCCC/C=C\C/C=C\CCCCCCCCCCCCCCCCCCCCCCCC(=O)OCC(COC(=O)CCCCCCCCCCCCCC)OC(=O)CCCCCCCCCCCCCCCCCCCCCC. The maximum Gasteiger partial charge on any atom is 0.306 e. The zero-order valence-corrected chi connectivity index (χ0v) is 56.5. The fourth-order valence-electron chi connectivity index (χ4n) is 11.8. The van der Waals surface area contributed by atoms with E-state index in [4.69, 9.17) is 14.2 Å². The van der Waals surface area contributed by atoms with E-state index in [1.165, 1.54) is 327 Å². The Labute approximate surface area is 519 Å². The van der Waals surface area contributed by atoms with Gasteiger partial charge in [0, 0.05) is 19.3 Å². The molecule has 6 heteroatoms. The average molecular weight is 1170 g/mol. The van der Waals surface area contributed by atoms with Gasteiger partial charge in [-0.25, -0.2) is 0 Å². The van der Waals surface area contributed by atoms with Crippen LogP contribution in [0.1, 0.15) is 432 Å². The summed E-state index contributed by atoms with van der Waals surface area (Å²) in [4.78, 5) is 38.4. The van der Waals surface area contributed by atoms with Gasteiger partial charge in [0.2, 0.25) is 0 Å². The van der Waals surface area contributed by atoms with Crippen molar-refractivity contribution in [1.82, 2.24) is 0 Å². The normalized spacial score (nSPS) is 12.1. The van der Waals surface area contributed by atoms with Crippen molar-refractivity contribution in [2.75, 3.05) is 13.2 Å². The number of rotatable bonds is 71. The molecule has 0 aromatic rings.